The molecule has 0 radical (unpaired) electrons. The van der Waals surface area contributed by atoms with Gasteiger partial charge in [0.2, 0.25) is 0 Å². The van der Waals surface area contributed by atoms with E-state index in [0.717, 1.165) is 11.3 Å². The fourth-order valence-electron chi connectivity index (χ4n) is 2.76. The Kier molecular flexibility index (Phi) is 4.95. The standard InChI is InChI=1S/C19H13FN4O3S2/c20-14-6-2-1-4-12(14)18(25)23-15-7-8-16(13-5-3-9-21-17(13)15)29(26,27)24-19-22-10-11-28-19/h1-11H,(H,22,24)(H,23,25). The molecule has 0 aliphatic rings. The van der Waals surface area contributed by atoms with Crippen molar-refractivity contribution in [2.45, 2.75) is 4.90 Å². The van der Waals surface area contributed by atoms with Crippen LogP contribution in [0.1, 0.15) is 10.4 Å². The highest BCUT2D eigenvalue weighted by Gasteiger charge is 2.21. The van der Waals surface area contributed by atoms with Crippen molar-refractivity contribution in [2.24, 2.45) is 0 Å². The van der Waals surface area contributed by atoms with E-state index >= 15 is 0 Å². The lowest BCUT2D eigenvalue weighted by Crippen LogP contribution is -2.16. The first kappa shape index (κ1) is 19.0. The summed E-state index contributed by atoms with van der Waals surface area (Å²) < 4.78 is 41.9. The SMILES string of the molecule is O=C(Nc1ccc(S(=O)(=O)Nc2nccs2)c2cccnc12)c1ccccc1F. The Labute approximate surface area is 169 Å². The lowest BCUT2D eigenvalue weighted by Gasteiger charge is -2.12. The molecule has 4 aromatic rings. The van der Waals surface area contributed by atoms with E-state index in [2.05, 4.69) is 20.0 Å². The maximum Gasteiger partial charge on any atom is 0.264 e. The number of fused-ring (bicyclic) bond motifs is 1. The second-order valence-electron chi connectivity index (χ2n) is 5.89. The van der Waals surface area contributed by atoms with Crippen LogP contribution >= 0.6 is 11.3 Å². The molecule has 0 aliphatic heterocycles. The minimum absolute atomic E-state index is 0.0142. The van der Waals surface area contributed by atoms with Gasteiger partial charge in [0.05, 0.1) is 21.7 Å². The smallest absolute Gasteiger partial charge is 0.264 e. The number of thiazole rings is 1. The number of nitrogens with zero attached hydrogens (tertiary/aromatic N) is 2. The molecule has 0 unspecified atom stereocenters. The normalized spacial score (nSPS) is 11.3. The van der Waals surface area contributed by atoms with Gasteiger partial charge in [-0.2, -0.15) is 0 Å². The van der Waals surface area contributed by atoms with E-state index in [1.807, 2.05) is 0 Å². The summed E-state index contributed by atoms with van der Waals surface area (Å²) in [7, 11) is -3.93. The zero-order chi connectivity index (χ0) is 20.4. The van der Waals surface area contributed by atoms with Crippen molar-refractivity contribution in [3.05, 3.63) is 77.7 Å². The molecule has 2 heterocycles. The molecule has 0 atom stereocenters. The van der Waals surface area contributed by atoms with Crippen molar-refractivity contribution in [1.82, 2.24) is 9.97 Å². The summed E-state index contributed by atoms with van der Waals surface area (Å²) in [5, 5.41) is 4.79. The molecule has 0 saturated carbocycles. The van der Waals surface area contributed by atoms with Crippen molar-refractivity contribution < 1.29 is 17.6 Å². The van der Waals surface area contributed by atoms with Gasteiger partial charge in [0, 0.05) is 23.2 Å². The average Bonchev–Trinajstić information content (AvgIpc) is 3.20. The van der Waals surface area contributed by atoms with Gasteiger partial charge in [-0.05, 0) is 36.4 Å². The molecule has 1 amide bonds. The van der Waals surface area contributed by atoms with Crippen LogP contribution in [-0.2, 0) is 10.0 Å². The predicted octanol–water partition coefficient (Wildman–Crippen LogP) is 3.88. The fraction of sp³-hybridized carbons (Fsp3) is 0. The van der Waals surface area contributed by atoms with E-state index in [1.165, 1.54) is 42.7 Å². The summed E-state index contributed by atoms with van der Waals surface area (Å²) in [6.07, 6.45) is 2.97. The number of amides is 1. The van der Waals surface area contributed by atoms with E-state index < -0.39 is 21.7 Å². The number of hydrogen-bond donors (Lipinski definition) is 2. The Morgan fingerprint density at radius 2 is 1.83 bits per heavy atom. The van der Waals surface area contributed by atoms with Crippen LogP contribution in [0.4, 0.5) is 15.2 Å². The first-order valence-electron chi connectivity index (χ1n) is 8.31. The Morgan fingerprint density at radius 3 is 2.59 bits per heavy atom. The lowest BCUT2D eigenvalue weighted by atomic mass is 10.1. The van der Waals surface area contributed by atoms with Gasteiger partial charge in [-0.15, -0.1) is 11.3 Å². The molecule has 0 aliphatic carbocycles. The zero-order valence-corrected chi connectivity index (χ0v) is 16.3. The van der Waals surface area contributed by atoms with Gasteiger partial charge in [-0.25, -0.2) is 17.8 Å². The van der Waals surface area contributed by atoms with E-state index in [9.17, 15) is 17.6 Å². The predicted molar refractivity (Wildman–Crippen MR) is 109 cm³/mol. The molecule has 7 nitrogen and oxygen atoms in total. The number of rotatable bonds is 5. The number of halogens is 1. The van der Waals surface area contributed by atoms with E-state index in [-0.39, 0.29) is 26.8 Å². The molecule has 2 aromatic heterocycles. The van der Waals surface area contributed by atoms with Gasteiger partial charge in [0.25, 0.3) is 15.9 Å². The third-order valence-corrected chi connectivity index (χ3v) is 6.25. The summed E-state index contributed by atoms with van der Waals surface area (Å²) >= 11 is 1.15. The van der Waals surface area contributed by atoms with Crippen molar-refractivity contribution in [2.75, 3.05) is 10.0 Å². The molecular formula is C19H13FN4O3S2. The average molecular weight is 428 g/mol. The van der Waals surface area contributed by atoms with Crippen LogP contribution in [0.25, 0.3) is 10.9 Å². The third kappa shape index (κ3) is 3.80. The lowest BCUT2D eigenvalue weighted by molar-refractivity contribution is 0.102. The molecule has 0 fully saturated rings. The summed E-state index contributed by atoms with van der Waals surface area (Å²) in [4.78, 5) is 20.6. The summed E-state index contributed by atoms with van der Waals surface area (Å²) in [5.41, 5.74) is 0.403. The van der Waals surface area contributed by atoms with Crippen LogP contribution in [0.15, 0.2) is 71.2 Å². The number of sulfonamides is 1. The van der Waals surface area contributed by atoms with Gasteiger partial charge >= 0.3 is 0 Å². The maximum absolute atomic E-state index is 13.9. The number of aromatic nitrogens is 2. The number of hydrogen-bond acceptors (Lipinski definition) is 6. The first-order chi connectivity index (χ1) is 14.0. The van der Waals surface area contributed by atoms with E-state index in [0.29, 0.717) is 5.39 Å². The van der Waals surface area contributed by atoms with Crippen LogP contribution in [0, 0.1) is 5.82 Å². The minimum atomic E-state index is -3.93. The molecule has 146 valence electrons. The topological polar surface area (TPSA) is 101 Å². The molecule has 0 saturated heterocycles. The second-order valence-corrected chi connectivity index (χ2v) is 8.43. The van der Waals surface area contributed by atoms with Gasteiger partial charge in [0.15, 0.2) is 5.13 Å². The monoisotopic (exact) mass is 428 g/mol. The van der Waals surface area contributed by atoms with Crippen LogP contribution in [0.5, 0.6) is 0 Å². The molecular weight excluding hydrogens is 415 g/mol. The van der Waals surface area contributed by atoms with Crippen molar-refractivity contribution in [3.63, 3.8) is 0 Å². The maximum atomic E-state index is 13.9. The fourth-order valence-corrected chi connectivity index (χ4v) is 4.75. The number of carbonyl (C=O) groups is 1. The Morgan fingerprint density at radius 1 is 1.00 bits per heavy atom. The zero-order valence-electron chi connectivity index (χ0n) is 14.7. The first-order valence-corrected chi connectivity index (χ1v) is 10.7. The Balaban J connectivity index is 1.74. The molecule has 0 spiro atoms. The number of carbonyl (C=O) groups excluding carboxylic acids is 1. The van der Waals surface area contributed by atoms with Crippen molar-refractivity contribution in [1.29, 1.82) is 0 Å². The quantitative estimate of drug-likeness (QED) is 0.502. The van der Waals surface area contributed by atoms with Gasteiger partial charge in [-0.3, -0.25) is 14.5 Å². The number of anilines is 2. The van der Waals surface area contributed by atoms with E-state index in [4.69, 9.17) is 0 Å². The Hall–Kier alpha value is -3.37. The van der Waals surface area contributed by atoms with Gasteiger partial charge in [0.1, 0.15) is 5.82 Å². The molecule has 2 N–H and O–H groups in total. The highest BCUT2D eigenvalue weighted by molar-refractivity contribution is 7.93. The van der Waals surface area contributed by atoms with Crippen molar-refractivity contribution in [3.8, 4) is 0 Å². The largest absolute Gasteiger partial charge is 0.320 e. The minimum Gasteiger partial charge on any atom is -0.320 e. The second kappa shape index (κ2) is 7.57. The Bertz CT molecular complexity index is 1310. The van der Waals surface area contributed by atoms with Crippen molar-refractivity contribution >= 4 is 49.0 Å². The van der Waals surface area contributed by atoms with Crippen LogP contribution in [-0.4, -0.2) is 24.3 Å². The molecule has 10 heteroatoms. The molecule has 2 aromatic carbocycles. The summed E-state index contributed by atoms with van der Waals surface area (Å²) in [6, 6.07) is 11.5. The highest BCUT2D eigenvalue weighted by Crippen LogP contribution is 2.30. The molecule has 29 heavy (non-hydrogen) atoms. The van der Waals surface area contributed by atoms with Gasteiger partial charge < -0.3 is 5.32 Å². The van der Waals surface area contributed by atoms with Crippen LogP contribution in [0.2, 0.25) is 0 Å². The summed E-state index contributed by atoms with van der Waals surface area (Å²) in [5.74, 6) is -1.32. The molecule has 0 bridgehead atoms. The highest BCUT2D eigenvalue weighted by atomic mass is 32.2. The van der Waals surface area contributed by atoms with Gasteiger partial charge in [-0.1, -0.05) is 12.1 Å². The summed E-state index contributed by atoms with van der Waals surface area (Å²) in [6.45, 7) is 0. The number of nitrogens with one attached hydrogen (secondary N) is 2. The molecule has 4 rings (SSSR count). The number of pyridine rings is 1. The van der Waals surface area contributed by atoms with Crippen LogP contribution in [0.3, 0.4) is 0 Å². The van der Waals surface area contributed by atoms with Crippen LogP contribution < -0.4 is 10.0 Å². The third-order valence-electron chi connectivity index (χ3n) is 4.04. The number of benzene rings is 2. The van der Waals surface area contributed by atoms with E-state index in [1.54, 1.807) is 23.6 Å².